The lowest BCUT2D eigenvalue weighted by atomic mass is 10.0. The molecule has 1 unspecified atom stereocenters. The second kappa shape index (κ2) is 7.95. The van der Waals surface area contributed by atoms with Crippen LogP contribution in [-0.4, -0.2) is 26.6 Å². The maximum Gasteiger partial charge on any atom is 0.234 e. The molecular formula is C13H21ClN2O2. The Labute approximate surface area is 115 Å². The van der Waals surface area contributed by atoms with Crippen LogP contribution in [-0.2, 0) is 4.79 Å². The Kier molecular flexibility index (Phi) is 7.39. The highest BCUT2D eigenvalue weighted by Crippen LogP contribution is 2.25. The third-order valence-corrected chi connectivity index (χ3v) is 2.57. The van der Waals surface area contributed by atoms with Gasteiger partial charge in [-0.15, -0.1) is 12.4 Å². The van der Waals surface area contributed by atoms with E-state index in [-0.39, 0.29) is 24.4 Å². The summed E-state index contributed by atoms with van der Waals surface area (Å²) in [4.78, 5) is 11.5. The molecule has 1 amide bonds. The van der Waals surface area contributed by atoms with Crippen molar-refractivity contribution in [1.82, 2.24) is 10.6 Å². The normalized spacial score (nSPS) is 11.3. The smallest absolute Gasteiger partial charge is 0.234 e. The molecule has 0 aliphatic carbocycles. The average molecular weight is 273 g/mol. The highest BCUT2D eigenvalue weighted by molar-refractivity contribution is 5.85. The second-order valence-electron chi connectivity index (χ2n) is 4.06. The molecule has 0 bridgehead atoms. The number of hydrogen-bond acceptors (Lipinski definition) is 3. The Morgan fingerprint density at radius 2 is 2.11 bits per heavy atom. The zero-order valence-corrected chi connectivity index (χ0v) is 12.1. The van der Waals surface area contributed by atoms with Gasteiger partial charge in [-0.3, -0.25) is 4.79 Å². The second-order valence-corrected chi connectivity index (χ2v) is 4.06. The number of benzene rings is 1. The van der Waals surface area contributed by atoms with Crippen LogP contribution in [0, 0.1) is 6.92 Å². The van der Waals surface area contributed by atoms with Crippen molar-refractivity contribution in [3.05, 3.63) is 29.3 Å². The lowest BCUT2D eigenvalue weighted by Gasteiger charge is -2.18. The highest BCUT2D eigenvalue weighted by Gasteiger charge is 2.13. The van der Waals surface area contributed by atoms with Crippen molar-refractivity contribution < 1.29 is 9.53 Å². The van der Waals surface area contributed by atoms with Crippen molar-refractivity contribution in [3.8, 4) is 5.75 Å². The molecule has 0 fully saturated rings. The number of amides is 1. The number of halogens is 1. The van der Waals surface area contributed by atoms with Crippen LogP contribution in [0.4, 0.5) is 0 Å². The topological polar surface area (TPSA) is 50.4 Å². The Morgan fingerprint density at radius 1 is 1.44 bits per heavy atom. The molecule has 1 aromatic carbocycles. The van der Waals surface area contributed by atoms with Gasteiger partial charge < -0.3 is 15.4 Å². The minimum atomic E-state index is -0.0642. The van der Waals surface area contributed by atoms with E-state index in [1.807, 2.05) is 32.0 Å². The molecule has 0 heterocycles. The first-order chi connectivity index (χ1) is 8.08. The van der Waals surface area contributed by atoms with Crippen LogP contribution in [0.5, 0.6) is 5.75 Å². The maximum atomic E-state index is 11.5. The fourth-order valence-corrected chi connectivity index (χ4v) is 1.72. The quantitative estimate of drug-likeness (QED) is 0.860. The van der Waals surface area contributed by atoms with Crippen LogP contribution in [0.1, 0.15) is 24.1 Å². The van der Waals surface area contributed by atoms with Crippen molar-refractivity contribution in [2.75, 3.05) is 20.7 Å². The fraction of sp³-hybridized carbons (Fsp3) is 0.462. The molecule has 102 valence electrons. The monoisotopic (exact) mass is 272 g/mol. The van der Waals surface area contributed by atoms with Gasteiger partial charge in [0.1, 0.15) is 5.75 Å². The zero-order chi connectivity index (χ0) is 12.8. The first-order valence-electron chi connectivity index (χ1n) is 5.67. The van der Waals surface area contributed by atoms with Gasteiger partial charge in [-0.25, -0.2) is 0 Å². The fourth-order valence-electron chi connectivity index (χ4n) is 1.72. The number of methoxy groups -OCH3 is 1. The van der Waals surface area contributed by atoms with Crippen LogP contribution in [0.2, 0.25) is 0 Å². The van der Waals surface area contributed by atoms with Gasteiger partial charge in [-0.2, -0.15) is 0 Å². The van der Waals surface area contributed by atoms with Crippen molar-refractivity contribution in [3.63, 3.8) is 0 Å². The Morgan fingerprint density at radius 3 is 2.67 bits per heavy atom. The van der Waals surface area contributed by atoms with Crippen LogP contribution in [0.15, 0.2) is 18.2 Å². The van der Waals surface area contributed by atoms with E-state index in [1.54, 1.807) is 14.2 Å². The number of rotatable bonds is 5. The molecule has 1 aromatic rings. The number of carbonyl (C=O) groups excluding carboxylic acids is 1. The van der Waals surface area contributed by atoms with Gasteiger partial charge >= 0.3 is 0 Å². The molecule has 0 aromatic heterocycles. The van der Waals surface area contributed by atoms with Crippen molar-refractivity contribution in [2.24, 2.45) is 0 Å². The predicted octanol–water partition coefficient (Wildman–Crippen LogP) is 1.82. The molecule has 0 saturated carbocycles. The van der Waals surface area contributed by atoms with Gasteiger partial charge in [0, 0.05) is 5.56 Å². The summed E-state index contributed by atoms with van der Waals surface area (Å²) < 4.78 is 5.30. The first-order valence-corrected chi connectivity index (χ1v) is 5.67. The molecule has 5 heteroatoms. The SMILES string of the molecule is CNCC(=O)NC(C)c1cc(C)ccc1OC.Cl. The van der Waals surface area contributed by atoms with Crippen LogP contribution >= 0.6 is 12.4 Å². The molecule has 1 atom stereocenters. The molecular weight excluding hydrogens is 252 g/mol. The molecule has 0 saturated heterocycles. The molecule has 0 aliphatic heterocycles. The molecule has 1 rings (SSSR count). The maximum absolute atomic E-state index is 11.5. The average Bonchev–Trinajstić information content (AvgIpc) is 2.29. The Balaban J connectivity index is 0.00000289. The van der Waals surface area contributed by atoms with Gasteiger partial charge in [0.2, 0.25) is 5.91 Å². The summed E-state index contributed by atoms with van der Waals surface area (Å²) in [7, 11) is 3.38. The summed E-state index contributed by atoms with van der Waals surface area (Å²) in [6.07, 6.45) is 0. The number of aryl methyl sites for hydroxylation is 1. The van der Waals surface area contributed by atoms with Gasteiger partial charge in [0.05, 0.1) is 19.7 Å². The van der Waals surface area contributed by atoms with Crippen LogP contribution in [0.3, 0.4) is 0 Å². The Bertz CT molecular complexity index is 397. The zero-order valence-electron chi connectivity index (χ0n) is 11.2. The summed E-state index contributed by atoms with van der Waals surface area (Å²) in [6, 6.07) is 5.88. The van der Waals surface area contributed by atoms with Gasteiger partial charge in [-0.1, -0.05) is 17.7 Å². The van der Waals surface area contributed by atoms with Crippen LogP contribution < -0.4 is 15.4 Å². The van der Waals surface area contributed by atoms with E-state index < -0.39 is 0 Å². The molecule has 2 N–H and O–H groups in total. The van der Waals surface area contributed by atoms with Crippen molar-refractivity contribution in [2.45, 2.75) is 19.9 Å². The minimum absolute atomic E-state index is 0. The number of ether oxygens (including phenoxy) is 1. The minimum Gasteiger partial charge on any atom is -0.496 e. The van der Waals surface area contributed by atoms with E-state index in [9.17, 15) is 4.79 Å². The van der Waals surface area contributed by atoms with E-state index >= 15 is 0 Å². The highest BCUT2D eigenvalue weighted by atomic mass is 35.5. The summed E-state index contributed by atoms with van der Waals surface area (Å²) >= 11 is 0. The van der Waals surface area contributed by atoms with Crippen molar-refractivity contribution >= 4 is 18.3 Å². The van der Waals surface area contributed by atoms with Crippen molar-refractivity contribution in [1.29, 1.82) is 0 Å². The van der Waals surface area contributed by atoms with E-state index in [1.165, 1.54) is 0 Å². The molecule has 4 nitrogen and oxygen atoms in total. The van der Waals surface area contributed by atoms with Gasteiger partial charge in [-0.05, 0) is 27.0 Å². The third kappa shape index (κ3) is 4.55. The largest absolute Gasteiger partial charge is 0.496 e. The summed E-state index contributed by atoms with van der Waals surface area (Å²) in [6.45, 7) is 4.29. The number of carbonyl (C=O) groups is 1. The Hall–Kier alpha value is -1.26. The number of likely N-dealkylation sites (N-methyl/N-ethyl adjacent to an activating group) is 1. The van der Waals surface area contributed by atoms with Gasteiger partial charge in [0.15, 0.2) is 0 Å². The van der Waals surface area contributed by atoms with E-state index in [0.717, 1.165) is 16.9 Å². The standard InChI is InChI=1S/C13H20N2O2.ClH/c1-9-5-6-12(17-4)11(7-9)10(2)15-13(16)8-14-3;/h5-7,10,14H,8H2,1-4H3,(H,15,16);1H. The first kappa shape index (κ1) is 16.7. The lowest BCUT2D eigenvalue weighted by Crippen LogP contribution is -2.34. The summed E-state index contributed by atoms with van der Waals surface area (Å²) in [5, 5.41) is 5.74. The molecule has 0 spiro atoms. The van der Waals surface area contributed by atoms with Gasteiger partial charge in [0.25, 0.3) is 0 Å². The van der Waals surface area contributed by atoms with E-state index in [0.29, 0.717) is 6.54 Å². The molecule has 0 radical (unpaired) electrons. The third-order valence-electron chi connectivity index (χ3n) is 2.57. The summed E-state index contributed by atoms with van der Waals surface area (Å²) in [5.41, 5.74) is 2.15. The number of hydrogen-bond donors (Lipinski definition) is 2. The molecule has 0 aliphatic rings. The lowest BCUT2D eigenvalue weighted by molar-refractivity contribution is -0.120. The van der Waals surface area contributed by atoms with Crippen LogP contribution in [0.25, 0.3) is 0 Å². The predicted molar refractivity (Wildman–Crippen MR) is 75.5 cm³/mol. The number of nitrogens with one attached hydrogen (secondary N) is 2. The van der Waals surface area contributed by atoms with E-state index in [4.69, 9.17) is 4.74 Å². The van der Waals surface area contributed by atoms with E-state index in [2.05, 4.69) is 10.6 Å². The summed E-state index contributed by atoms with van der Waals surface area (Å²) in [5.74, 6) is 0.774. The molecule has 18 heavy (non-hydrogen) atoms.